The Morgan fingerprint density at radius 2 is 2.31 bits per heavy atom. The lowest BCUT2D eigenvalue weighted by Gasteiger charge is -2.13. The molecule has 0 aliphatic heterocycles. The SMILES string of the molecule is CC(CCCl)NC(=O)c1c(O)cccc1F. The topological polar surface area (TPSA) is 49.3 Å². The summed E-state index contributed by atoms with van der Waals surface area (Å²) in [4.78, 5) is 11.6. The highest BCUT2D eigenvalue weighted by Gasteiger charge is 2.17. The van der Waals surface area contributed by atoms with Gasteiger partial charge in [-0.05, 0) is 25.5 Å². The first-order valence-electron chi connectivity index (χ1n) is 4.90. The minimum absolute atomic E-state index is 0.163. The highest BCUT2D eigenvalue weighted by Crippen LogP contribution is 2.19. The molecule has 0 aliphatic carbocycles. The van der Waals surface area contributed by atoms with Crippen LogP contribution in [-0.2, 0) is 0 Å². The average Bonchev–Trinajstić information content (AvgIpc) is 2.17. The van der Waals surface area contributed by atoms with E-state index in [2.05, 4.69) is 5.32 Å². The van der Waals surface area contributed by atoms with E-state index in [9.17, 15) is 14.3 Å². The number of phenolic OH excluding ortho intramolecular Hbond substituents is 1. The van der Waals surface area contributed by atoms with Crippen molar-refractivity contribution in [3.05, 3.63) is 29.6 Å². The van der Waals surface area contributed by atoms with Gasteiger partial charge in [-0.3, -0.25) is 4.79 Å². The van der Waals surface area contributed by atoms with Gasteiger partial charge in [0.05, 0.1) is 0 Å². The van der Waals surface area contributed by atoms with Crippen LogP contribution in [0.1, 0.15) is 23.7 Å². The van der Waals surface area contributed by atoms with Gasteiger partial charge in [-0.15, -0.1) is 11.6 Å². The maximum absolute atomic E-state index is 13.3. The Morgan fingerprint density at radius 3 is 2.88 bits per heavy atom. The first kappa shape index (κ1) is 12.8. The summed E-state index contributed by atoms with van der Waals surface area (Å²) in [6, 6.07) is 3.57. The quantitative estimate of drug-likeness (QED) is 0.800. The normalized spacial score (nSPS) is 12.2. The molecule has 3 nitrogen and oxygen atoms in total. The number of aromatic hydroxyl groups is 1. The van der Waals surface area contributed by atoms with E-state index >= 15 is 0 Å². The second-order valence-corrected chi connectivity index (χ2v) is 3.86. The molecule has 0 saturated heterocycles. The zero-order valence-corrected chi connectivity index (χ0v) is 9.59. The fraction of sp³-hybridized carbons (Fsp3) is 0.364. The van der Waals surface area contributed by atoms with Gasteiger partial charge in [0.1, 0.15) is 17.1 Å². The zero-order chi connectivity index (χ0) is 12.1. The van der Waals surface area contributed by atoms with Crippen LogP contribution in [0.2, 0.25) is 0 Å². The Hall–Kier alpha value is -1.29. The highest BCUT2D eigenvalue weighted by molar-refractivity contribution is 6.17. The molecule has 1 amide bonds. The fourth-order valence-electron chi connectivity index (χ4n) is 1.27. The van der Waals surface area contributed by atoms with Crippen LogP contribution in [0.15, 0.2) is 18.2 Å². The average molecular weight is 246 g/mol. The summed E-state index contributed by atoms with van der Waals surface area (Å²) in [5.74, 6) is -1.33. The predicted octanol–water partition coefficient (Wildman–Crippen LogP) is 2.28. The monoisotopic (exact) mass is 245 g/mol. The molecule has 1 aromatic carbocycles. The molecule has 2 N–H and O–H groups in total. The molecule has 1 unspecified atom stereocenters. The van der Waals surface area contributed by atoms with Crippen molar-refractivity contribution in [1.82, 2.24) is 5.32 Å². The summed E-state index contributed by atoms with van der Waals surface area (Å²) in [6.07, 6.45) is 0.586. The minimum Gasteiger partial charge on any atom is -0.507 e. The van der Waals surface area contributed by atoms with Gasteiger partial charge in [0.2, 0.25) is 0 Å². The Labute approximate surface area is 98.2 Å². The number of rotatable bonds is 4. The minimum atomic E-state index is -0.740. The Kier molecular flexibility index (Phi) is 4.55. The third-order valence-electron chi connectivity index (χ3n) is 2.14. The Bertz CT molecular complexity index is 364. The van der Waals surface area contributed by atoms with E-state index in [4.69, 9.17) is 11.6 Å². The summed E-state index contributed by atoms with van der Waals surface area (Å²) < 4.78 is 13.3. The van der Waals surface area contributed by atoms with E-state index in [-0.39, 0.29) is 17.4 Å². The van der Waals surface area contributed by atoms with Gasteiger partial charge in [-0.2, -0.15) is 0 Å². The van der Waals surface area contributed by atoms with E-state index in [0.717, 1.165) is 6.07 Å². The summed E-state index contributed by atoms with van der Waals surface area (Å²) in [5, 5.41) is 11.9. The number of benzene rings is 1. The summed E-state index contributed by atoms with van der Waals surface area (Å²) in [7, 11) is 0. The van der Waals surface area contributed by atoms with Gasteiger partial charge < -0.3 is 10.4 Å². The lowest BCUT2D eigenvalue weighted by molar-refractivity contribution is 0.0932. The van der Waals surface area contributed by atoms with Gasteiger partial charge in [-0.1, -0.05) is 6.07 Å². The van der Waals surface area contributed by atoms with Crippen molar-refractivity contribution in [1.29, 1.82) is 0 Å². The fourth-order valence-corrected chi connectivity index (χ4v) is 1.60. The van der Waals surface area contributed by atoms with Gasteiger partial charge in [0.25, 0.3) is 5.91 Å². The summed E-state index contributed by atoms with van der Waals surface area (Å²) in [5.41, 5.74) is -0.330. The Morgan fingerprint density at radius 1 is 1.62 bits per heavy atom. The number of hydrogen-bond acceptors (Lipinski definition) is 2. The van der Waals surface area contributed by atoms with E-state index in [1.54, 1.807) is 6.92 Å². The lowest BCUT2D eigenvalue weighted by atomic mass is 10.1. The third kappa shape index (κ3) is 3.10. The van der Waals surface area contributed by atoms with Crippen LogP contribution in [0.4, 0.5) is 4.39 Å². The van der Waals surface area contributed by atoms with E-state index < -0.39 is 11.7 Å². The van der Waals surface area contributed by atoms with Crippen LogP contribution in [0.5, 0.6) is 5.75 Å². The molecular formula is C11H13ClFNO2. The van der Waals surface area contributed by atoms with Crippen molar-refractivity contribution in [2.45, 2.75) is 19.4 Å². The summed E-state index contributed by atoms with van der Waals surface area (Å²) >= 11 is 5.51. The van der Waals surface area contributed by atoms with Crippen LogP contribution >= 0.6 is 11.6 Å². The van der Waals surface area contributed by atoms with Crippen molar-refractivity contribution in [2.75, 3.05) is 5.88 Å². The number of amides is 1. The van der Waals surface area contributed by atoms with Crippen LogP contribution < -0.4 is 5.32 Å². The second-order valence-electron chi connectivity index (χ2n) is 3.49. The molecule has 0 aliphatic rings. The zero-order valence-electron chi connectivity index (χ0n) is 8.84. The molecule has 0 saturated carbocycles. The van der Waals surface area contributed by atoms with Crippen molar-refractivity contribution in [3.8, 4) is 5.75 Å². The van der Waals surface area contributed by atoms with E-state index in [1.807, 2.05) is 0 Å². The first-order valence-corrected chi connectivity index (χ1v) is 5.44. The lowest BCUT2D eigenvalue weighted by Crippen LogP contribution is -2.33. The molecular weight excluding hydrogens is 233 g/mol. The van der Waals surface area contributed by atoms with Crippen molar-refractivity contribution < 1.29 is 14.3 Å². The van der Waals surface area contributed by atoms with Gasteiger partial charge in [0.15, 0.2) is 0 Å². The van der Waals surface area contributed by atoms with Crippen molar-refractivity contribution in [2.24, 2.45) is 0 Å². The molecule has 0 heterocycles. The van der Waals surface area contributed by atoms with Crippen LogP contribution in [0.3, 0.4) is 0 Å². The summed E-state index contributed by atoms with van der Waals surface area (Å²) in [6.45, 7) is 1.76. The molecule has 16 heavy (non-hydrogen) atoms. The van der Waals surface area contributed by atoms with E-state index in [0.29, 0.717) is 12.3 Å². The largest absolute Gasteiger partial charge is 0.507 e. The number of alkyl halides is 1. The number of hydrogen-bond donors (Lipinski definition) is 2. The molecule has 0 bridgehead atoms. The first-order chi connectivity index (χ1) is 7.56. The second kappa shape index (κ2) is 5.70. The molecule has 88 valence electrons. The highest BCUT2D eigenvalue weighted by atomic mass is 35.5. The molecule has 0 spiro atoms. The van der Waals surface area contributed by atoms with Gasteiger partial charge in [-0.25, -0.2) is 4.39 Å². The van der Waals surface area contributed by atoms with Crippen LogP contribution in [0, 0.1) is 5.82 Å². The molecule has 0 radical (unpaired) electrons. The number of halogens is 2. The maximum Gasteiger partial charge on any atom is 0.258 e. The molecule has 1 aromatic rings. The van der Waals surface area contributed by atoms with E-state index in [1.165, 1.54) is 12.1 Å². The molecule has 1 atom stereocenters. The van der Waals surface area contributed by atoms with Crippen molar-refractivity contribution in [3.63, 3.8) is 0 Å². The predicted molar refractivity (Wildman–Crippen MR) is 60.3 cm³/mol. The van der Waals surface area contributed by atoms with Crippen LogP contribution in [-0.4, -0.2) is 22.9 Å². The van der Waals surface area contributed by atoms with Crippen molar-refractivity contribution >= 4 is 17.5 Å². The molecule has 5 heteroatoms. The smallest absolute Gasteiger partial charge is 0.258 e. The Balaban J connectivity index is 2.80. The molecule has 1 rings (SSSR count). The van der Waals surface area contributed by atoms with Gasteiger partial charge in [0, 0.05) is 11.9 Å². The van der Waals surface area contributed by atoms with Crippen LogP contribution in [0.25, 0.3) is 0 Å². The number of carbonyl (C=O) groups is 1. The maximum atomic E-state index is 13.3. The molecule has 0 fully saturated rings. The third-order valence-corrected chi connectivity index (χ3v) is 2.36. The number of carbonyl (C=O) groups excluding carboxylic acids is 1. The number of phenols is 1. The standard InChI is InChI=1S/C11H13ClFNO2/c1-7(5-6-12)14-11(16)10-8(13)3-2-4-9(10)15/h2-4,7,15H,5-6H2,1H3,(H,14,16). The molecule has 0 aromatic heterocycles. The number of nitrogens with one attached hydrogen (secondary N) is 1. The van der Waals surface area contributed by atoms with Gasteiger partial charge >= 0.3 is 0 Å².